The second-order valence-corrected chi connectivity index (χ2v) is 0.804. The van der Waals surface area contributed by atoms with Crippen molar-refractivity contribution in [3.05, 3.63) is 18.4 Å². The average molecular weight is 82.1 g/mol. The first-order chi connectivity index (χ1) is 2.77. The molecule has 2 nitrogen and oxygen atoms in total. The quantitative estimate of drug-likeness (QED) is 0.266. The minimum Gasteiger partial charge on any atom is -0.384 e. The topological polar surface area (TPSA) is 49.9 Å². The Bertz CT molecular complexity index is 98.1. The SMILES string of the molecule is C=C=CC(=N)N. The molecule has 32 valence electrons. The maximum absolute atomic E-state index is 6.51. The normalized spacial score (nSPS) is 6.00. The van der Waals surface area contributed by atoms with Gasteiger partial charge in [-0.15, -0.1) is 5.73 Å². The highest BCUT2D eigenvalue weighted by atomic mass is 14.7. The van der Waals surface area contributed by atoms with Crippen molar-refractivity contribution in [1.82, 2.24) is 0 Å². The van der Waals surface area contributed by atoms with Gasteiger partial charge in [-0.05, 0) is 0 Å². The molecule has 0 radical (unpaired) electrons. The fourth-order valence-corrected chi connectivity index (χ4v) is 0.110. The van der Waals surface area contributed by atoms with E-state index in [0.717, 1.165) is 0 Å². The maximum atomic E-state index is 6.51. The zero-order valence-electron chi connectivity index (χ0n) is 3.36. The van der Waals surface area contributed by atoms with Gasteiger partial charge in [-0.2, -0.15) is 0 Å². The fraction of sp³-hybridized carbons (Fsp3) is 0. The van der Waals surface area contributed by atoms with Gasteiger partial charge in [-0.25, -0.2) is 0 Å². The lowest BCUT2D eigenvalue weighted by Crippen LogP contribution is -2.03. The summed E-state index contributed by atoms with van der Waals surface area (Å²) < 4.78 is 0. The molecule has 0 saturated carbocycles. The highest BCUT2D eigenvalue weighted by molar-refractivity contribution is 5.88. The summed E-state index contributed by atoms with van der Waals surface area (Å²) in [7, 11) is 0. The monoisotopic (exact) mass is 82.1 g/mol. The smallest absolute Gasteiger partial charge is 0.123 e. The molecule has 0 saturated heterocycles. The third-order valence-corrected chi connectivity index (χ3v) is 0.258. The van der Waals surface area contributed by atoms with E-state index in [4.69, 9.17) is 11.1 Å². The van der Waals surface area contributed by atoms with Gasteiger partial charge in [0.1, 0.15) is 5.84 Å². The van der Waals surface area contributed by atoms with Crippen LogP contribution in [0, 0.1) is 5.41 Å². The summed E-state index contributed by atoms with van der Waals surface area (Å²) in [6, 6.07) is 0. The first kappa shape index (κ1) is 4.99. The Kier molecular flexibility index (Phi) is 1.86. The van der Waals surface area contributed by atoms with Gasteiger partial charge in [0.25, 0.3) is 0 Å². The summed E-state index contributed by atoms with van der Waals surface area (Å²) >= 11 is 0. The molecule has 0 aliphatic carbocycles. The van der Waals surface area contributed by atoms with E-state index >= 15 is 0 Å². The third-order valence-electron chi connectivity index (χ3n) is 0.258. The number of hydrogen-bond acceptors (Lipinski definition) is 1. The van der Waals surface area contributed by atoms with Crippen molar-refractivity contribution in [2.24, 2.45) is 5.73 Å². The van der Waals surface area contributed by atoms with Gasteiger partial charge in [0, 0.05) is 6.08 Å². The van der Waals surface area contributed by atoms with Crippen LogP contribution < -0.4 is 5.73 Å². The highest BCUT2D eigenvalue weighted by Gasteiger charge is 1.65. The highest BCUT2D eigenvalue weighted by Crippen LogP contribution is 1.55. The number of rotatable bonds is 1. The van der Waals surface area contributed by atoms with Crippen LogP contribution in [0.25, 0.3) is 0 Å². The number of nitrogens with one attached hydrogen (secondary N) is 1. The molecule has 0 atom stereocenters. The van der Waals surface area contributed by atoms with Crippen molar-refractivity contribution < 1.29 is 0 Å². The van der Waals surface area contributed by atoms with Crippen LogP contribution in [-0.2, 0) is 0 Å². The van der Waals surface area contributed by atoms with Gasteiger partial charge in [0.05, 0.1) is 0 Å². The Hall–Kier alpha value is -1.01. The summed E-state index contributed by atoms with van der Waals surface area (Å²) in [5.41, 5.74) is 7.17. The van der Waals surface area contributed by atoms with E-state index in [-0.39, 0.29) is 5.84 Å². The van der Waals surface area contributed by atoms with Gasteiger partial charge in [-0.3, -0.25) is 5.41 Å². The summed E-state index contributed by atoms with van der Waals surface area (Å²) in [6.07, 6.45) is 1.29. The molecule has 6 heavy (non-hydrogen) atoms. The second kappa shape index (κ2) is 2.24. The number of hydrogen-bond donors (Lipinski definition) is 2. The van der Waals surface area contributed by atoms with Crippen LogP contribution in [0.1, 0.15) is 0 Å². The lowest BCUT2D eigenvalue weighted by Gasteiger charge is -1.72. The van der Waals surface area contributed by atoms with Crippen LogP contribution in [0.4, 0.5) is 0 Å². The molecule has 0 rings (SSSR count). The van der Waals surface area contributed by atoms with Crippen LogP contribution in [0.3, 0.4) is 0 Å². The molecule has 0 fully saturated rings. The Labute approximate surface area is 36.5 Å². The molecule has 0 aliphatic heterocycles. The van der Waals surface area contributed by atoms with Crippen LogP contribution in [0.15, 0.2) is 18.4 Å². The van der Waals surface area contributed by atoms with Crippen molar-refractivity contribution in [1.29, 1.82) is 5.41 Å². The van der Waals surface area contributed by atoms with Gasteiger partial charge in [-0.1, -0.05) is 6.58 Å². The van der Waals surface area contributed by atoms with E-state index in [2.05, 4.69) is 12.3 Å². The maximum Gasteiger partial charge on any atom is 0.123 e. The summed E-state index contributed by atoms with van der Waals surface area (Å²) in [5, 5.41) is 6.51. The van der Waals surface area contributed by atoms with Gasteiger partial charge in [0.15, 0.2) is 0 Å². The number of nitrogens with two attached hydrogens (primary N) is 1. The van der Waals surface area contributed by atoms with Crippen LogP contribution in [0.5, 0.6) is 0 Å². The molecule has 0 unspecified atom stereocenters. The Morgan fingerprint density at radius 2 is 2.50 bits per heavy atom. The van der Waals surface area contributed by atoms with Gasteiger partial charge >= 0.3 is 0 Å². The van der Waals surface area contributed by atoms with Crippen LogP contribution in [-0.4, -0.2) is 5.84 Å². The summed E-state index contributed by atoms with van der Waals surface area (Å²) in [4.78, 5) is 0. The van der Waals surface area contributed by atoms with E-state index in [1.807, 2.05) is 0 Å². The minimum atomic E-state index is -0.00926. The molecule has 0 aromatic heterocycles. The van der Waals surface area contributed by atoms with Gasteiger partial charge < -0.3 is 5.73 Å². The number of amidine groups is 1. The molecule has 0 amide bonds. The minimum absolute atomic E-state index is 0.00926. The Morgan fingerprint density at radius 3 is 2.50 bits per heavy atom. The molecular weight excluding hydrogens is 76.1 g/mol. The molecule has 2 heteroatoms. The van der Waals surface area contributed by atoms with Crippen molar-refractivity contribution >= 4 is 5.84 Å². The summed E-state index contributed by atoms with van der Waals surface area (Å²) in [6.45, 7) is 3.20. The molecule has 0 aliphatic rings. The van der Waals surface area contributed by atoms with Crippen molar-refractivity contribution in [3.8, 4) is 0 Å². The third kappa shape index (κ3) is 2.99. The van der Waals surface area contributed by atoms with Crippen molar-refractivity contribution in [2.45, 2.75) is 0 Å². The molecule has 0 aromatic rings. The standard InChI is InChI=1S/C4H6N2/c1-2-3-4(5)6/h3H,1H2,(H3,5,6). The molecular formula is C4H6N2. The van der Waals surface area contributed by atoms with Crippen molar-refractivity contribution in [2.75, 3.05) is 0 Å². The predicted molar refractivity (Wildman–Crippen MR) is 25.6 cm³/mol. The van der Waals surface area contributed by atoms with E-state index in [1.54, 1.807) is 0 Å². The van der Waals surface area contributed by atoms with Gasteiger partial charge in [0.2, 0.25) is 0 Å². The van der Waals surface area contributed by atoms with Crippen molar-refractivity contribution in [3.63, 3.8) is 0 Å². The van der Waals surface area contributed by atoms with E-state index in [9.17, 15) is 0 Å². The molecule has 0 spiro atoms. The first-order valence-corrected chi connectivity index (χ1v) is 1.47. The molecule has 0 heterocycles. The van der Waals surface area contributed by atoms with E-state index in [1.165, 1.54) is 6.08 Å². The Morgan fingerprint density at radius 1 is 2.00 bits per heavy atom. The fourth-order valence-electron chi connectivity index (χ4n) is 0.110. The molecule has 3 N–H and O–H groups in total. The second-order valence-electron chi connectivity index (χ2n) is 0.804. The summed E-state index contributed by atoms with van der Waals surface area (Å²) in [5.74, 6) is -0.00926. The first-order valence-electron chi connectivity index (χ1n) is 1.47. The van der Waals surface area contributed by atoms with Crippen LogP contribution in [0.2, 0.25) is 0 Å². The van der Waals surface area contributed by atoms with E-state index in [0.29, 0.717) is 0 Å². The lowest BCUT2D eigenvalue weighted by atomic mass is 10.6. The lowest BCUT2D eigenvalue weighted by molar-refractivity contribution is 1.47. The largest absolute Gasteiger partial charge is 0.384 e. The van der Waals surface area contributed by atoms with E-state index < -0.39 is 0 Å². The Balaban J connectivity index is 3.60. The average Bonchev–Trinajstić information content (AvgIpc) is 1.35. The zero-order valence-corrected chi connectivity index (χ0v) is 3.36. The zero-order chi connectivity index (χ0) is 4.99. The van der Waals surface area contributed by atoms with Crippen LogP contribution >= 0.6 is 0 Å². The molecule has 0 aromatic carbocycles. The molecule has 0 bridgehead atoms. The predicted octanol–water partition coefficient (Wildman–Crippen LogP) is 0.263.